The summed E-state index contributed by atoms with van der Waals surface area (Å²) in [6.07, 6.45) is 0. The standard InChI is InChI=1S/C15H12N2O/c16-12-7-3-2-6-11(12)15(18)14-9-10-5-1-4-8-13(10)17-14/h1-9,17H,16H2. The number of aromatic nitrogens is 1. The molecule has 3 N–H and O–H groups in total. The van der Waals surface area contributed by atoms with Crippen LogP contribution in [0.4, 0.5) is 5.69 Å². The van der Waals surface area contributed by atoms with Crippen molar-refractivity contribution in [3.63, 3.8) is 0 Å². The monoisotopic (exact) mass is 236 g/mol. The molecule has 0 atom stereocenters. The molecule has 0 aliphatic rings. The molecule has 3 nitrogen and oxygen atoms in total. The first-order chi connectivity index (χ1) is 8.75. The molecular formula is C15H12N2O. The molecule has 0 amide bonds. The van der Waals surface area contributed by atoms with Crippen molar-refractivity contribution < 1.29 is 4.79 Å². The summed E-state index contributed by atoms with van der Waals surface area (Å²) >= 11 is 0. The second-order valence-corrected chi connectivity index (χ2v) is 4.19. The molecule has 1 heterocycles. The normalized spacial score (nSPS) is 10.7. The maximum absolute atomic E-state index is 12.3. The van der Waals surface area contributed by atoms with E-state index in [0.29, 0.717) is 16.9 Å². The number of ketones is 1. The Morgan fingerprint density at radius 1 is 1.00 bits per heavy atom. The van der Waals surface area contributed by atoms with Crippen LogP contribution >= 0.6 is 0 Å². The van der Waals surface area contributed by atoms with Crippen LogP contribution in [0.2, 0.25) is 0 Å². The summed E-state index contributed by atoms with van der Waals surface area (Å²) in [6, 6.07) is 16.7. The Balaban J connectivity index is 2.10. The van der Waals surface area contributed by atoms with Crippen molar-refractivity contribution in [2.24, 2.45) is 0 Å². The minimum Gasteiger partial charge on any atom is -0.398 e. The Bertz CT molecular complexity index is 695. The highest BCUT2D eigenvalue weighted by atomic mass is 16.1. The van der Waals surface area contributed by atoms with E-state index in [1.54, 1.807) is 12.1 Å². The molecule has 1 aromatic heterocycles. The molecule has 0 spiro atoms. The van der Waals surface area contributed by atoms with Crippen molar-refractivity contribution >= 4 is 22.4 Å². The molecule has 3 heteroatoms. The lowest BCUT2D eigenvalue weighted by molar-refractivity contribution is 0.103. The van der Waals surface area contributed by atoms with Crippen LogP contribution in [-0.2, 0) is 0 Å². The maximum Gasteiger partial charge on any atom is 0.211 e. The number of fused-ring (bicyclic) bond motifs is 1. The van der Waals surface area contributed by atoms with Crippen LogP contribution in [0.3, 0.4) is 0 Å². The molecule has 88 valence electrons. The number of nitrogens with one attached hydrogen (secondary N) is 1. The van der Waals surface area contributed by atoms with E-state index in [9.17, 15) is 4.79 Å². The van der Waals surface area contributed by atoms with Gasteiger partial charge in [-0.3, -0.25) is 4.79 Å². The van der Waals surface area contributed by atoms with Crippen LogP contribution in [0.25, 0.3) is 10.9 Å². The Morgan fingerprint density at radius 3 is 2.50 bits per heavy atom. The summed E-state index contributed by atoms with van der Waals surface area (Å²) in [5.74, 6) is -0.0794. The van der Waals surface area contributed by atoms with Gasteiger partial charge in [0.05, 0.1) is 5.69 Å². The lowest BCUT2D eigenvalue weighted by Gasteiger charge is -2.01. The van der Waals surface area contributed by atoms with Gasteiger partial charge in [0, 0.05) is 22.2 Å². The van der Waals surface area contributed by atoms with Crippen molar-refractivity contribution in [2.75, 3.05) is 5.73 Å². The van der Waals surface area contributed by atoms with Gasteiger partial charge in [0.1, 0.15) is 0 Å². The average molecular weight is 236 g/mol. The van der Waals surface area contributed by atoms with Crippen molar-refractivity contribution in [2.45, 2.75) is 0 Å². The zero-order valence-electron chi connectivity index (χ0n) is 9.68. The van der Waals surface area contributed by atoms with Gasteiger partial charge in [0.25, 0.3) is 0 Å². The lowest BCUT2D eigenvalue weighted by Crippen LogP contribution is -2.05. The smallest absolute Gasteiger partial charge is 0.211 e. The predicted octanol–water partition coefficient (Wildman–Crippen LogP) is 2.98. The van der Waals surface area contributed by atoms with Gasteiger partial charge >= 0.3 is 0 Å². The van der Waals surface area contributed by atoms with Crippen LogP contribution in [0.1, 0.15) is 16.1 Å². The van der Waals surface area contributed by atoms with Crippen LogP contribution < -0.4 is 5.73 Å². The Hall–Kier alpha value is -2.55. The summed E-state index contributed by atoms with van der Waals surface area (Å²) < 4.78 is 0. The number of nitrogen functional groups attached to an aromatic ring is 1. The first-order valence-corrected chi connectivity index (χ1v) is 5.72. The Kier molecular flexibility index (Phi) is 2.38. The number of hydrogen-bond donors (Lipinski definition) is 2. The topological polar surface area (TPSA) is 58.9 Å². The van der Waals surface area contributed by atoms with Gasteiger partial charge in [-0.15, -0.1) is 0 Å². The molecular weight excluding hydrogens is 224 g/mol. The first-order valence-electron chi connectivity index (χ1n) is 5.72. The van der Waals surface area contributed by atoms with E-state index in [2.05, 4.69) is 4.98 Å². The summed E-state index contributed by atoms with van der Waals surface area (Å²) in [5, 5.41) is 1.02. The van der Waals surface area contributed by atoms with E-state index in [1.165, 1.54) is 0 Å². The molecule has 0 radical (unpaired) electrons. The minimum atomic E-state index is -0.0794. The summed E-state index contributed by atoms with van der Waals surface area (Å²) in [7, 11) is 0. The van der Waals surface area contributed by atoms with E-state index in [0.717, 1.165) is 10.9 Å². The number of rotatable bonds is 2. The molecule has 0 saturated heterocycles. The zero-order valence-corrected chi connectivity index (χ0v) is 9.68. The van der Waals surface area contributed by atoms with Gasteiger partial charge in [0.15, 0.2) is 0 Å². The third kappa shape index (κ3) is 1.66. The Morgan fingerprint density at radius 2 is 1.72 bits per heavy atom. The Labute approximate surface area is 104 Å². The van der Waals surface area contributed by atoms with E-state index < -0.39 is 0 Å². The maximum atomic E-state index is 12.3. The largest absolute Gasteiger partial charge is 0.398 e. The summed E-state index contributed by atoms with van der Waals surface area (Å²) in [6.45, 7) is 0. The highest BCUT2D eigenvalue weighted by Gasteiger charge is 2.13. The van der Waals surface area contributed by atoms with Gasteiger partial charge in [-0.2, -0.15) is 0 Å². The average Bonchev–Trinajstić information content (AvgIpc) is 2.82. The van der Waals surface area contributed by atoms with Crippen LogP contribution in [0.5, 0.6) is 0 Å². The number of nitrogens with two attached hydrogens (primary N) is 1. The number of aromatic amines is 1. The number of carbonyl (C=O) groups excluding carboxylic acids is 1. The zero-order chi connectivity index (χ0) is 12.5. The summed E-state index contributed by atoms with van der Waals surface area (Å²) in [4.78, 5) is 15.4. The fourth-order valence-electron chi connectivity index (χ4n) is 2.04. The fourth-order valence-corrected chi connectivity index (χ4v) is 2.04. The highest BCUT2D eigenvalue weighted by molar-refractivity contribution is 6.12. The molecule has 0 fully saturated rings. The first kappa shape index (κ1) is 10.6. The van der Waals surface area contributed by atoms with Crippen molar-refractivity contribution in [1.29, 1.82) is 0 Å². The molecule has 0 aliphatic carbocycles. The number of anilines is 1. The van der Waals surface area contributed by atoms with E-state index >= 15 is 0 Å². The second kappa shape index (κ2) is 4.04. The van der Waals surface area contributed by atoms with Gasteiger partial charge in [-0.25, -0.2) is 0 Å². The van der Waals surface area contributed by atoms with Gasteiger partial charge in [-0.1, -0.05) is 30.3 Å². The molecule has 0 unspecified atom stereocenters. The van der Waals surface area contributed by atoms with Crippen LogP contribution in [0.15, 0.2) is 54.6 Å². The fraction of sp³-hybridized carbons (Fsp3) is 0. The number of benzene rings is 2. The molecule has 3 aromatic rings. The van der Waals surface area contributed by atoms with Crippen molar-refractivity contribution in [3.05, 3.63) is 65.9 Å². The third-order valence-corrected chi connectivity index (χ3v) is 2.98. The number of H-pyrrole nitrogens is 1. The van der Waals surface area contributed by atoms with Gasteiger partial charge in [0.2, 0.25) is 5.78 Å². The molecule has 2 aromatic carbocycles. The van der Waals surface area contributed by atoms with Crippen LogP contribution in [0, 0.1) is 0 Å². The van der Waals surface area contributed by atoms with E-state index in [1.807, 2.05) is 42.5 Å². The number of hydrogen-bond acceptors (Lipinski definition) is 2. The third-order valence-electron chi connectivity index (χ3n) is 2.98. The molecule has 18 heavy (non-hydrogen) atoms. The molecule has 0 saturated carbocycles. The second-order valence-electron chi connectivity index (χ2n) is 4.19. The predicted molar refractivity (Wildman–Crippen MR) is 72.6 cm³/mol. The van der Waals surface area contributed by atoms with E-state index in [-0.39, 0.29) is 5.78 Å². The molecule has 3 rings (SSSR count). The number of carbonyl (C=O) groups is 1. The van der Waals surface area contributed by atoms with Crippen LogP contribution in [-0.4, -0.2) is 10.8 Å². The highest BCUT2D eigenvalue weighted by Crippen LogP contribution is 2.20. The molecule has 0 aliphatic heterocycles. The SMILES string of the molecule is Nc1ccccc1C(=O)c1cc2ccccc2[nH]1. The van der Waals surface area contributed by atoms with Crippen molar-refractivity contribution in [3.8, 4) is 0 Å². The van der Waals surface area contributed by atoms with E-state index in [4.69, 9.17) is 5.73 Å². The minimum absolute atomic E-state index is 0.0794. The summed E-state index contributed by atoms with van der Waals surface area (Å²) in [5.41, 5.74) is 8.37. The molecule has 0 bridgehead atoms. The van der Waals surface area contributed by atoms with Gasteiger partial charge in [-0.05, 0) is 24.3 Å². The number of para-hydroxylation sites is 2. The van der Waals surface area contributed by atoms with Crippen molar-refractivity contribution in [1.82, 2.24) is 4.98 Å². The lowest BCUT2D eigenvalue weighted by atomic mass is 10.1. The van der Waals surface area contributed by atoms with Gasteiger partial charge < -0.3 is 10.7 Å². The quantitative estimate of drug-likeness (QED) is 0.531.